The summed E-state index contributed by atoms with van der Waals surface area (Å²) in [4.78, 5) is 37.4. The van der Waals surface area contributed by atoms with Gasteiger partial charge in [0.05, 0.1) is 5.92 Å². The number of piperidine rings is 1. The van der Waals surface area contributed by atoms with Crippen LogP contribution in [0.1, 0.15) is 19.8 Å². The van der Waals surface area contributed by atoms with Gasteiger partial charge in [-0.05, 0) is 25.3 Å². The minimum absolute atomic E-state index is 0.0380. The lowest BCUT2D eigenvalue weighted by molar-refractivity contribution is -0.139. The lowest BCUT2D eigenvalue weighted by Crippen LogP contribution is -2.56. The molecule has 3 heterocycles. The van der Waals surface area contributed by atoms with Crippen molar-refractivity contribution in [3.05, 3.63) is 0 Å². The van der Waals surface area contributed by atoms with Gasteiger partial charge in [0.25, 0.3) is 5.91 Å². The minimum atomic E-state index is -0.798. The fourth-order valence-corrected chi connectivity index (χ4v) is 3.36. The maximum absolute atomic E-state index is 12.5. The maximum atomic E-state index is 12.5. The van der Waals surface area contributed by atoms with Crippen molar-refractivity contribution in [3.8, 4) is 0 Å². The number of hydrogen-bond donors (Lipinski definition) is 3. The Morgan fingerprint density at radius 1 is 1.25 bits per heavy atom. The number of nitrogens with zero attached hydrogens (tertiary/aromatic N) is 1. The Bertz CT molecular complexity index is 457. The molecule has 4 amide bonds. The second-order valence-electron chi connectivity index (χ2n) is 6.06. The smallest absolute Gasteiger partial charge is 0.322 e. The van der Waals surface area contributed by atoms with Gasteiger partial charge in [-0.25, -0.2) is 4.79 Å². The van der Waals surface area contributed by atoms with Crippen LogP contribution in [0.3, 0.4) is 0 Å². The molecule has 0 aliphatic carbocycles. The van der Waals surface area contributed by atoms with Gasteiger partial charge in [-0.3, -0.25) is 14.9 Å². The van der Waals surface area contributed by atoms with Crippen LogP contribution in [0, 0.1) is 11.8 Å². The molecule has 0 radical (unpaired) electrons. The Kier molecular flexibility index (Phi) is 3.16. The van der Waals surface area contributed by atoms with Crippen LogP contribution in [0.15, 0.2) is 0 Å². The molecule has 20 heavy (non-hydrogen) atoms. The van der Waals surface area contributed by atoms with E-state index in [1.165, 1.54) is 0 Å². The molecule has 1 spiro atoms. The molecule has 0 aromatic carbocycles. The summed E-state index contributed by atoms with van der Waals surface area (Å²) in [5.74, 6) is 0.302. The molecule has 7 heteroatoms. The molecule has 3 N–H and O–H groups in total. The van der Waals surface area contributed by atoms with E-state index in [1.807, 2.05) is 4.90 Å². The zero-order valence-corrected chi connectivity index (χ0v) is 11.6. The molecular formula is C13H20N4O3. The van der Waals surface area contributed by atoms with Crippen molar-refractivity contribution in [1.29, 1.82) is 0 Å². The van der Waals surface area contributed by atoms with Crippen LogP contribution in [-0.2, 0) is 9.59 Å². The van der Waals surface area contributed by atoms with Gasteiger partial charge >= 0.3 is 6.03 Å². The number of carbonyl (C=O) groups excluding carboxylic acids is 3. The number of urea groups is 1. The van der Waals surface area contributed by atoms with Crippen molar-refractivity contribution < 1.29 is 14.4 Å². The topological polar surface area (TPSA) is 90.5 Å². The standard InChI is InChI=1S/C13H20N4O3/c1-8-6-14-7-9(8)10(18)17-4-2-13(3-5-17)11(19)15-12(20)16-13/h8-9,14H,2-7H2,1H3,(H2,15,16,19,20)/t8-,9-/m1/s1. The zero-order valence-electron chi connectivity index (χ0n) is 11.6. The SMILES string of the molecule is C[C@@H]1CNC[C@H]1C(=O)N1CCC2(CC1)NC(=O)NC2=O. The van der Waals surface area contributed by atoms with E-state index in [0.717, 1.165) is 13.1 Å². The van der Waals surface area contributed by atoms with Gasteiger partial charge in [0.15, 0.2) is 0 Å². The van der Waals surface area contributed by atoms with Crippen LogP contribution in [0.25, 0.3) is 0 Å². The van der Waals surface area contributed by atoms with E-state index in [0.29, 0.717) is 31.8 Å². The Morgan fingerprint density at radius 2 is 1.95 bits per heavy atom. The molecule has 3 saturated heterocycles. The van der Waals surface area contributed by atoms with E-state index in [9.17, 15) is 14.4 Å². The van der Waals surface area contributed by atoms with Crippen LogP contribution in [0.2, 0.25) is 0 Å². The summed E-state index contributed by atoms with van der Waals surface area (Å²) >= 11 is 0. The first-order valence-electron chi connectivity index (χ1n) is 7.15. The first-order chi connectivity index (χ1) is 9.52. The average Bonchev–Trinajstić information content (AvgIpc) is 2.95. The summed E-state index contributed by atoms with van der Waals surface area (Å²) in [7, 11) is 0. The second kappa shape index (κ2) is 4.73. The molecule has 0 bridgehead atoms. The van der Waals surface area contributed by atoms with Crippen LogP contribution in [0.5, 0.6) is 0 Å². The summed E-state index contributed by atoms with van der Waals surface area (Å²) in [6.45, 7) is 4.75. The van der Waals surface area contributed by atoms with E-state index in [4.69, 9.17) is 0 Å². The van der Waals surface area contributed by atoms with Crippen LogP contribution in [0.4, 0.5) is 4.79 Å². The van der Waals surface area contributed by atoms with Crippen LogP contribution >= 0.6 is 0 Å². The van der Waals surface area contributed by atoms with Crippen molar-refractivity contribution >= 4 is 17.8 Å². The number of carbonyl (C=O) groups is 3. The average molecular weight is 280 g/mol. The van der Waals surface area contributed by atoms with Gasteiger partial charge in [-0.15, -0.1) is 0 Å². The van der Waals surface area contributed by atoms with Gasteiger partial charge in [-0.2, -0.15) is 0 Å². The fourth-order valence-electron chi connectivity index (χ4n) is 3.36. The molecule has 0 aromatic rings. The highest BCUT2D eigenvalue weighted by Gasteiger charge is 2.49. The van der Waals surface area contributed by atoms with Gasteiger partial charge in [0.1, 0.15) is 5.54 Å². The summed E-state index contributed by atoms with van der Waals surface area (Å²) < 4.78 is 0. The molecule has 2 atom stereocenters. The largest absolute Gasteiger partial charge is 0.342 e. The Morgan fingerprint density at radius 3 is 2.45 bits per heavy atom. The van der Waals surface area contributed by atoms with E-state index in [-0.39, 0.29) is 17.7 Å². The molecule has 3 aliphatic rings. The highest BCUT2D eigenvalue weighted by molar-refractivity contribution is 6.07. The highest BCUT2D eigenvalue weighted by atomic mass is 16.2. The van der Waals surface area contributed by atoms with E-state index in [1.54, 1.807) is 0 Å². The van der Waals surface area contributed by atoms with Crippen LogP contribution < -0.4 is 16.0 Å². The molecule has 0 unspecified atom stereocenters. The summed E-state index contributed by atoms with van der Waals surface area (Å²) in [5, 5.41) is 8.22. The van der Waals surface area contributed by atoms with E-state index >= 15 is 0 Å². The number of nitrogens with one attached hydrogen (secondary N) is 3. The predicted molar refractivity (Wildman–Crippen MR) is 70.7 cm³/mol. The molecule has 3 rings (SSSR count). The quantitative estimate of drug-likeness (QED) is 0.540. The maximum Gasteiger partial charge on any atom is 0.322 e. The van der Waals surface area contributed by atoms with E-state index in [2.05, 4.69) is 22.9 Å². The third-order valence-corrected chi connectivity index (χ3v) is 4.78. The van der Waals surface area contributed by atoms with Crippen molar-refractivity contribution in [2.75, 3.05) is 26.2 Å². The summed E-state index contributed by atoms with van der Waals surface area (Å²) in [6, 6.07) is -0.427. The van der Waals surface area contributed by atoms with Gasteiger partial charge < -0.3 is 15.5 Å². The lowest BCUT2D eigenvalue weighted by Gasteiger charge is -2.38. The van der Waals surface area contributed by atoms with Crippen molar-refractivity contribution in [3.63, 3.8) is 0 Å². The van der Waals surface area contributed by atoms with Gasteiger partial charge in [0, 0.05) is 19.6 Å². The second-order valence-corrected chi connectivity index (χ2v) is 6.06. The summed E-state index contributed by atoms with van der Waals surface area (Å²) in [6.07, 6.45) is 0.982. The zero-order chi connectivity index (χ0) is 14.3. The number of rotatable bonds is 1. The van der Waals surface area contributed by atoms with Crippen LogP contribution in [-0.4, -0.2) is 54.5 Å². The molecule has 0 aromatic heterocycles. The van der Waals surface area contributed by atoms with E-state index < -0.39 is 11.6 Å². The molecule has 3 fully saturated rings. The number of hydrogen-bond acceptors (Lipinski definition) is 4. The number of imide groups is 1. The molecule has 110 valence electrons. The molecule has 3 aliphatic heterocycles. The first kappa shape index (κ1) is 13.4. The lowest BCUT2D eigenvalue weighted by atomic mass is 9.86. The molecule has 0 saturated carbocycles. The molecular weight excluding hydrogens is 260 g/mol. The molecule has 7 nitrogen and oxygen atoms in total. The predicted octanol–water partition coefficient (Wildman–Crippen LogP) is -0.957. The van der Waals surface area contributed by atoms with Crippen molar-refractivity contribution in [2.45, 2.75) is 25.3 Å². The summed E-state index contributed by atoms with van der Waals surface area (Å²) in [5.41, 5.74) is -0.798. The van der Waals surface area contributed by atoms with Crippen molar-refractivity contribution in [2.24, 2.45) is 11.8 Å². The number of amides is 4. The Balaban J connectivity index is 1.63. The first-order valence-corrected chi connectivity index (χ1v) is 7.15. The normalized spacial score (nSPS) is 32.4. The fraction of sp³-hybridized carbons (Fsp3) is 0.769. The van der Waals surface area contributed by atoms with Crippen molar-refractivity contribution in [1.82, 2.24) is 20.9 Å². The Labute approximate surface area is 117 Å². The number of likely N-dealkylation sites (tertiary alicyclic amines) is 1. The van der Waals surface area contributed by atoms with Gasteiger partial charge in [-0.1, -0.05) is 6.92 Å². The monoisotopic (exact) mass is 280 g/mol. The third kappa shape index (κ3) is 2.06. The Hall–Kier alpha value is -1.63. The third-order valence-electron chi connectivity index (χ3n) is 4.78. The minimum Gasteiger partial charge on any atom is -0.342 e. The highest BCUT2D eigenvalue weighted by Crippen LogP contribution is 2.27. The van der Waals surface area contributed by atoms with Gasteiger partial charge in [0.2, 0.25) is 5.91 Å².